The molecule has 0 saturated heterocycles. The van der Waals surface area contributed by atoms with E-state index < -0.39 is 11.6 Å². The van der Waals surface area contributed by atoms with Gasteiger partial charge in [-0.15, -0.1) is 11.3 Å². The summed E-state index contributed by atoms with van der Waals surface area (Å²) in [5, 5.41) is 1.23. The fourth-order valence-corrected chi connectivity index (χ4v) is 4.34. The lowest BCUT2D eigenvalue weighted by molar-refractivity contribution is 0.585. The first-order valence-electron chi connectivity index (χ1n) is 6.56. The first-order chi connectivity index (χ1) is 10.1. The zero-order valence-corrected chi connectivity index (χ0v) is 12.4. The lowest BCUT2D eigenvalue weighted by Crippen LogP contribution is -1.94. The Morgan fingerprint density at radius 2 is 2.00 bits per heavy atom. The van der Waals surface area contributed by atoms with Gasteiger partial charge in [0.1, 0.15) is 21.6 Å². The van der Waals surface area contributed by atoms with Gasteiger partial charge in [0.2, 0.25) is 0 Å². The molecular formula is C15H9ClF2N2S. The number of rotatable bonds is 1. The molecule has 2 aromatic heterocycles. The third-order valence-electron chi connectivity index (χ3n) is 3.69. The predicted octanol–water partition coefficient (Wildman–Crippen LogP) is 4.78. The van der Waals surface area contributed by atoms with E-state index in [4.69, 9.17) is 11.6 Å². The molecular weight excluding hydrogens is 314 g/mol. The smallest absolute Gasteiger partial charge is 0.165 e. The van der Waals surface area contributed by atoms with Crippen molar-refractivity contribution in [3.05, 3.63) is 45.4 Å². The van der Waals surface area contributed by atoms with E-state index in [9.17, 15) is 8.78 Å². The molecule has 0 spiro atoms. The zero-order chi connectivity index (χ0) is 14.6. The van der Waals surface area contributed by atoms with Crippen molar-refractivity contribution in [2.45, 2.75) is 19.3 Å². The van der Waals surface area contributed by atoms with Gasteiger partial charge in [0.25, 0.3) is 0 Å². The maximum absolute atomic E-state index is 13.9. The van der Waals surface area contributed by atoms with Gasteiger partial charge in [-0.2, -0.15) is 0 Å². The van der Waals surface area contributed by atoms with E-state index in [0.717, 1.165) is 35.5 Å². The molecule has 0 unspecified atom stereocenters. The predicted molar refractivity (Wildman–Crippen MR) is 79.8 cm³/mol. The van der Waals surface area contributed by atoms with Crippen molar-refractivity contribution < 1.29 is 8.78 Å². The Labute approximate surface area is 128 Å². The average Bonchev–Trinajstić information content (AvgIpc) is 2.98. The molecule has 0 aliphatic heterocycles. The molecule has 2 heterocycles. The lowest BCUT2D eigenvalue weighted by Gasteiger charge is -2.04. The van der Waals surface area contributed by atoms with Crippen molar-refractivity contribution in [1.29, 1.82) is 0 Å². The molecule has 1 aliphatic carbocycles. The van der Waals surface area contributed by atoms with Crippen LogP contribution in [0.5, 0.6) is 0 Å². The minimum absolute atomic E-state index is 0.161. The maximum Gasteiger partial charge on any atom is 0.165 e. The van der Waals surface area contributed by atoms with Crippen LogP contribution in [-0.2, 0) is 12.8 Å². The van der Waals surface area contributed by atoms with Crippen LogP contribution in [0.15, 0.2) is 18.2 Å². The summed E-state index contributed by atoms with van der Waals surface area (Å²) in [4.78, 5) is 10.7. The number of benzene rings is 1. The van der Waals surface area contributed by atoms with E-state index in [1.807, 2.05) is 0 Å². The summed E-state index contributed by atoms with van der Waals surface area (Å²) in [7, 11) is 0. The Balaban J connectivity index is 1.95. The van der Waals surface area contributed by atoms with Crippen LogP contribution in [0.3, 0.4) is 0 Å². The number of hydrogen-bond acceptors (Lipinski definition) is 3. The van der Waals surface area contributed by atoms with E-state index in [2.05, 4.69) is 9.97 Å². The molecule has 4 rings (SSSR count). The van der Waals surface area contributed by atoms with Crippen molar-refractivity contribution in [3.63, 3.8) is 0 Å². The highest BCUT2D eigenvalue weighted by atomic mass is 35.5. The van der Waals surface area contributed by atoms with Gasteiger partial charge in [0, 0.05) is 10.9 Å². The molecule has 3 aromatic rings. The second-order valence-corrected chi connectivity index (χ2v) is 6.44. The van der Waals surface area contributed by atoms with Gasteiger partial charge in [0.05, 0.1) is 10.9 Å². The Bertz CT molecular complexity index is 876. The molecule has 6 heteroatoms. The van der Waals surface area contributed by atoms with E-state index in [1.54, 1.807) is 11.3 Å². The lowest BCUT2D eigenvalue weighted by atomic mass is 10.1. The van der Waals surface area contributed by atoms with E-state index in [-0.39, 0.29) is 11.4 Å². The topological polar surface area (TPSA) is 25.8 Å². The minimum atomic E-state index is -0.686. The first kappa shape index (κ1) is 13.1. The number of aromatic nitrogens is 2. The normalized spacial score (nSPS) is 13.9. The number of nitrogens with zero attached hydrogens (tertiary/aromatic N) is 2. The van der Waals surface area contributed by atoms with Crippen molar-refractivity contribution in [1.82, 2.24) is 9.97 Å². The highest BCUT2D eigenvalue weighted by molar-refractivity contribution is 7.19. The molecule has 0 bridgehead atoms. The van der Waals surface area contributed by atoms with E-state index >= 15 is 0 Å². The third kappa shape index (κ3) is 2.03. The van der Waals surface area contributed by atoms with Gasteiger partial charge in [-0.3, -0.25) is 0 Å². The number of halogens is 3. The maximum atomic E-state index is 13.9. The van der Waals surface area contributed by atoms with Crippen LogP contribution < -0.4 is 0 Å². The highest BCUT2D eigenvalue weighted by Crippen LogP contribution is 2.40. The molecule has 1 aliphatic rings. The molecule has 0 saturated carbocycles. The summed E-state index contributed by atoms with van der Waals surface area (Å²) in [5.41, 5.74) is 1.39. The molecule has 0 radical (unpaired) electrons. The number of aryl methyl sites for hydroxylation is 2. The quantitative estimate of drug-likeness (QED) is 0.603. The summed E-state index contributed by atoms with van der Waals surface area (Å²) in [6.45, 7) is 0. The fourth-order valence-electron chi connectivity index (χ4n) is 2.74. The molecule has 0 amide bonds. The Morgan fingerprint density at radius 3 is 2.81 bits per heavy atom. The molecule has 0 fully saturated rings. The van der Waals surface area contributed by atoms with Gasteiger partial charge >= 0.3 is 0 Å². The Kier molecular flexibility index (Phi) is 2.94. The summed E-state index contributed by atoms with van der Waals surface area (Å²) < 4.78 is 26.9. The van der Waals surface area contributed by atoms with Gasteiger partial charge in [-0.25, -0.2) is 18.7 Å². The summed E-state index contributed by atoms with van der Waals surface area (Å²) in [6, 6.07) is 3.35. The Hall–Kier alpha value is -1.59. The van der Waals surface area contributed by atoms with Crippen LogP contribution in [-0.4, -0.2) is 9.97 Å². The highest BCUT2D eigenvalue weighted by Gasteiger charge is 2.22. The molecule has 21 heavy (non-hydrogen) atoms. The SMILES string of the molecule is Fc1ccc(-c2nc(Cl)c3c4c(sc3n2)CCC4)c(F)c1. The van der Waals surface area contributed by atoms with E-state index in [0.29, 0.717) is 5.15 Å². The summed E-state index contributed by atoms with van der Waals surface area (Å²) in [6.07, 6.45) is 3.15. The monoisotopic (exact) mass is 322 g/mol. The largest absolute Gasteiger partial charge is 0.217 e. The number of thiophene rings is 1. The van der Waals surface area contributed by atoms with Gasteiger partial charge in [0.15, 0.2) is 5.82 Å². The van der Waals surface area contributed by atoms with Crippen LogP contribution in [0.1, 0.15) is 16.9 Å². The Morgan fingerprint density at radius 1 is 1.14 bits per heavy atom. The fraction of sp³-hybridized carbons (Fsp3) is 0.200. The van der Waals surface area contributed by atoms with Gasteiger partial charge in [-0.05, 0) is 37.0 Å². The van der Waals surface area contributed by atoms with E-state index in [1.165, 1.54) is 22.6 Å². The molecule has 2 nitrogen and oxygen atoms in total. The van der Waals surface area contributed by atoms with Crippen LogP contribution in [0, 0.1) is 11.6 Å². The van der Waals surface area contributed by atoms with Crippen molar-refractivity contribution in [2.75, 3.05) is 0 Å². The summed E-state index contributed by atoms with van der Waals surface area (Å²) >= 11 is 7.87. The average molecular weight is 323 g/mol. The molecule has 1 aromatic carbocycles. The van der Waals surface area contributed by atoms with Crippen LogP contribution in [0.4, 0.5) is 8.78 Å². The van der Waals surface area contributed by atoms with Crippen LogP contribution in [0.25, 0.3) is 21.6 Å². The number of hydrogen-bond donors (Lipinski definition) is 0. The molecule has 0 N–H and O–H groups in total. The van der Waals surface area contributed by atoms with Crippen LogP contribution in [0.2, 0.25) is 5.15 Å². The molecule has 106 valence electrons. The zero-order valence-electron chi connectivity index (χ0n) is 10.8. The van der Waals surface area contributed by atoms with Gasteiger partial charge < -0.3 is 0 Å². The number of fused-ring (bicyclic) bond motifs is 3. The minimum Gasteiger partial charge on any atom is -0.217 e. The van der Waals surface area contributed by atoms with Gasteiger partial charge in [-0.1, -0.05) is 11.6 Å². The molecule has 0 atom stereocenters. The second-order valence-electron chi connectivity index (χ2n) is 5.00. The first-order valence-corrected chi connectivity index (χ1v) is 7.76. The van der Waals surface area contributed by atoms with Crippen molar-refractivity contribution in [2.24, 2.45) is 0 Å². The standard InChI is InChI=1S/C15H9ClF2N2S/c16-13-12-9-2-1-3-11(9)21-15(12)20-14(19-13)8-5-4-7(17)6-10(8)18/h4-6H,1-3H2. The second kappa shape index (κ2) is 4.71. The van der Waals surface area contributed by atoms with Crippen molar-refractivity contribution in [3.8, 4) is 11.4 Å². The van der Waals surface area contributed by atoms with Crippen molar-refractivity contribution >= 4 is 33.2 Å². The summed E-state index contributed by atoms with van der Waals surface area (Å²) in [5.74, 6) is -1.11. The third-order valence-corrected chi connectivity index (χ3v) is 5.15. The van der Waals surface area contributed by atoms with Crippen LogP contribution >= 0.6 is 22.9 Å².